The molecule has 1 aromatic rings. The van der Waals surface area contributed by atoms with E-state index < -0.39 is 5.97 Å². The van der Waals surface area contributed by atoms with Crippen molar-refractivity contribution < 1.29 is 9.90 Å². The summed E-state index contributed by atoms with van der Waals surface area (Å²) >= 11 is 0. The Hall–Kier alpha value is -1.40. The molecule has 20 heavy (non-hydrogen) atoms. The fourth-order valence-corrected chi connectivity index (χ4v) is 2.57. The van der Waals surface area contributed by atoms with E-state index >= 15 is 0 Å². The lowest BCUT2D eigenvalue weighted by atomic mass is 10.2. The van der Waals surface area contributed by atoms with Gasteiger partial charge >= 0.3 is 5.97 Å². The first-order valence-corrected chi connectivity index (χ1v) is 7.23. The number of aliphatic carboxylic acids is 1. The normalized spacial score (nSPS) is 17.8. The molecule has 6 nitrogen and oxygen atoms in total. The first-order chi connectivity index (χ1) is 9.56. The average molecular weight is 280 g/mol. The van der Waals surface area contributed by atoms with Crippen molar-refractivity contribution in [3.05, 3.63) is 18.2 Å². The molecule has 0 unspecified atom stereocenters. The summed E-state index contributed by atoms with van der Waals surface area (Å²) in [6.07, 6.45) is 4.07. The maximum Gasteiger partial charge on any atom is 0.304 e. The van der Waals surface area contributed by atoms with Crippen molar-refractivity contribution >= 4 is 5.97 Å². The first kappa shape index (κ1) is 15.0. The van der Waals surface area contributed by atoms with Crippen LogP contribution < -0.4 is 0 Å². The lowest BCUT2D eigenvalue weighted by Crippen LogP contribution is -2.46. The zero-order valence-corrected chi connectivity index (χ0v) is 12.3. The summed E-state index contributed by atoms with van der Waals surface area (Å²) in [5.74, 6) is -0.715. The van der Waals surface area contributed by atoms with Crippen LogP contribution in [0.5, 0.6) is 0 Å². The van der Waals surface area contributed by atoms with Crippen LogP contribution in [0.1, 0.15) is 32.0 Å². The van der Waals surface area contributed by atoms with E-state index in [4.69, 9.17) is 5.11 Å². The second-order valence-electron chi connectivity index (χ2n) is 5.65. The number of carboxylic acid groups (broad SMARTS) is 1. The predicted molar refractivity (Wildman–Crippen MR) is 76.6 cm³/mol. The van der Waals surface area contributed by atoms with Crippen molar-refractivity contribution in [2.45, 2.75) is 32.9 Å². The summed E-state index contributed by atoms with van der Waals surface area (Å²) in [4.78, 5) is 19.4. The Morgan fingerprint density at radius 3 is 2.55 bits per heavy atom. The summed E-state index contributed by atoms with van der Waals surface area (Å²) in [6, 6.07) is 0.435. The average Bonchev–Trinajstić information content (AvgIpc) is 2.86. The molecule has 0 atom stereocenters. The molecule has 1 N–H and O–H groups in total. The van der Waals surface area contributed by atoms with Crippen molar-refractivity contribution in [1.29, 1.82) is 0 Å². The Morgan fingerprint density at radius 2 is 1.95 bits per heavy atom. The van der Waals surface area contributed by atoms with Crippen LogP contribution in [-0.4, -0.2) is 63.2 Å². The van der Waals surface area contributed by atoms with Gasteiger partial charge in [0, 0.05) is 51.5 Å². The van der Waals surface area contributed by atoms with E-state index in [0.717, 1.165) is 32.7 Å². The van der Waals surface area contributed by atoms with Gasteiger partial charge in [0.1, 0.15) is 0 Å². The molecule has 0 amide bonds. The zero-order chi connectivity index (χ0) is 14.5. The molecule has 1 fully saturated rings. The van der Waals surface area contributed by atoms with Crippen LogP contribution in [0.4, 0.5) is 0 Å². The molecule has 1 aromatic heterocycles. The van der Waals surface area contributed by atoms with Gasteiger partial charge in [0.15, 0.2) is 0 Å². The van der Waals surface area contributed by atoms with Crippen molar-refractivity contribution in [1.82, 2.24) is 19.4 Å². The monoisotopic (exact) mass is 280 g/mol. The smallest absolute Gasteiger partial charge is 0.304 e. The van der Waals surface area contributed by atoms with Crippen LogP contribution >= 0.6 is 0 Å². The molecule has 2 rings (SSSR count). The van der Waals surface area contributed by atoms with E-state index in [-0.39, 0.29) is 6.42 Å². The van der Waals surface area contributed by atoms with Gasteiger partial charge < -0.3 is 14.6 Å². The molecule has 112 valence electrons. The lowest BCUT2D eigenvalue weighted by Gasteiger charge is -2.34. The van der Waals surface area contributed by atoms with E-state index in [0.29, 0.717) is 12.6 Å². The highest BCUT2D eigenvalue weighted by Crippen LogP contribution is 2.13. The number of carbonyl (C=O) groups is 1. The Balaban J connectivity index is 1.79. The Kier molecular flexibility index (Phi) is 5.14. The molecule has 6 heteroatoms. The fraction of sp³-hybridized carbons (Fsp3) is 0.714. The lowest BCUT2D eigenvalue weighted by molar-refractivity contribution is -0.137. The molecule has 1 saturated heterocycles. The van der Waals surface area contributed by atoms with Gasteiger partial charge in [-0.05, 0) is 13.8 Å². The minimum atomic E-state index is -0.715. The summed E-state index contributed by atoms with van der Waals surface area (Å²) in [6.45, 7) is 9.78. The Bertz CT molecular complexity index is 436. The number of carboxylic acids is 1. The zero-order valence-electron chi connectivity index (χ0n) is 12.3. The third kappa shape index (κ3) is 4.05. The highest BCUT2D eigenvalue weighted by molar-refractivity contribution is 5.66. The molecule has 0 aromatic carbocycles. The minimum Gasteiger partial charge on any atom is -0.481 e. The number of hydrogen-bond acceptors (Lipinski definition) is 4. The van der Waals surface area contributed by atoms with E-state index in [1.54, 1.807) is 0 Å². The molecule has 1 aliphatic heterocycles. The molecular weight excluding hydrogens is 256 g/mol. The second-order valence-corrected chi connectivity index (χ2v) is 5.65. The summed E-state index contributed by atoms with van der Waals surface area (Å²) in [7, 11) is 0. The Labute approximate surface area is 120 Å². The first-order valence-electron chi connectivity index (χ1n) is 7.23. The van der Waals surface area contributed by atoms with E-state index in [9.17, 15) is 4.79 Å². The van der Waals surface area contributed by atoms with Gasteiger partial charge in [-0.3, -0.25) is 9.69 Å². The van der Waals surface area contributed by atoms with Crippen LogP contribution in [0.2, 0.25) is 0 Å². The third-order valence-electron chi connectivity index (χ3n) is 3.80. The number of hydrogen-bond donors (Lipinski definition) is 1. The largest absolute Gasteiger partial charge is 0.481 e. The molecule has 0 saturated carbocycles. The van der Waals surface area contributed by atoms with Crippen molar-refractivity contribution in [3.8, 4) is 0 Å². The van der Waals surface area contributed by atoms with Crippen LogP contribution in [0.3, 0.4) is 0 Å². The summed E-state index contributed by atoms with van der Waals surface area (Å²) < 4.78 is 2.21. The van der Waals surface area contributed by atoms with Crippen molar-refractivity contribution in [3.63, 3.8) is 0 Å². The number of piperazine rings is 1. The van der Waals surface area contributed by atoms with E-state index in [2.05, 4.69) is 33.2 Å². The van der Waals surface area contributed by atoms with Gasteiger partial charge in [-0.2, -0.15) is 0 Å². The molecule has 1 aliphatic rings. The van der Waals surface area contributed by atoms with Gasteiger partial charge in [-0.1, -0.05) is 0 Å². The summed E-state index contributed by atoms with van der Waals surface area (Å²) in [5.41, 5.74) is 1.25. The minimum absolute atomic E-state index is 0.236. The van der Waals surface area contributed by atoms with Gasteiger partial charge in [-0.15, -0.1) is 0 Å². The number of nitrogens with zero attached hydrogens (tertiary/aromatic N) is 4. The van der Waals surface area contributed by atoms with Crippen LogP contribution in [0.15, 0.2) is 12.5 Å². The van der Waals surface area contributed by atoms with Crippen LogP contribution in [0, 0.1) is 0 Å². The highest BCUT2D eigenvalue weighted by atomic mass is 16.4. The summed E-state index contributed by atoms with van der Waals surface area (Å²) in [5, 5.41) is 8.70. The second kappa shape index (κ2) is 6.85. The molecule has 2 heterocycles. The number of aromatic nitrogens is 2. The van der Waals surface area contributed by atoms with Gasteiger partial charge in [0.2, 0.25) is 0 Å². The molecule has 0 spiro atoms. The quantitative estimate of drug-likeness (QED) is 0.844. The van der Waals surface area contributed by atoms with Gasteiger partial charge in [-0.25, -0.2) is 4.98 Å². The van der Waals surface area contributed by atoms with Gasteiger partial charge in [0.05, 0.1) is 18.4 Å². The third-order valence-corrected chi connectivity index (χ3v) is 3.80. The number of imidazole rings is 1. The predicted octanol–water partition coefficient (Wildman–Crippen LogP) is 1.06. The molecule has 0 bridgehead atoms. The fourth-order valence-electron chi connectivity index (χ4n) is 2.57. The van der Waals surface area contributed by atoms with Crippen molar-refractivity contribution in [2.75, 3.05) is 32.7 Å². The topological polar surface area (TPSA) is 61.6 Å². The maximum absolute atomic E-state index is 10.6. The highest BCUT2D eigenvalue weighted by Gasteiger charge is 2.18. The SMILES string of the molecule is CC(C)n1cncc1CN1CCN(CCC(=O)O)CC1. The van der Waals surface area contributed by atoms with E-state index in [1.165, 1.54) is 5.69 Å². The Morgan fingerprint density at radius 1 is 1.30 bits per heavy atom. The molecule has 0 aliphatic carbocycles. The maximum atomic E-state index is 10.6. The number of rotatable bonds is 6. The van der Waals surface area contributed by atoms with Crippen LogP contribution in [-0.2, 0) is 11.3 Å². The van der Waals surface area contributed by atoms with E-state index in [1.807, 2.05) is 12.5 Å². The van der Waals surface area contributed by atoms with Gasteiger partial charge in [0.25, 0.3) is 0 Å². The van der Waals surface area contributed by atoms with Crippen LogP contribution in [0.25, 0.3) is 0 Å². The molecular formula is C14H24N4O2. The molecule has 0 radical (unpaired) electrons. The standard InChI is InChI=1S/C14H24N4O2/c1-12(2)18-11-15-9-13(18)10-17-7-5-16(6-8-17)4-3-14(19)20/h9,11-12H,3-8,10H2,1-2H3,(H,19,20). The van der Waals surface area contributed by atoms with Crippen molar-refractivity contribution in [2.24, 2.45) is 0 Å².